The summed E-state index contributed by atoms with van der Waals surface area (Å²) in [5.41, 5.74) is 0.820. The molecule has 2 N–H and O–H groups in total. The normalized spacial score (nSPS) is 20.5. The van der Waals surface area contributed by atoms with Crippen molar-refractivity contribution < 1.29 is 9.90 Å². The first-order valence-electron chi connectivity index (χ1n) is 3.33. The van der Waals surface area contributed by atoms with E-state index in [9.17, 15) is 9.90 Å². The average Bonchev–Trinajstić information content (AvgIpc) is 2.28. The number of carbonyl (C=O) groups is 1. The highest BCUT2D eigenvalue weighted by atomic mass is 79.9. The number of rotatable bonds is 0. The van der Waals surface area contributed by atoms with E-state index >= 15 is 0 Å². The Hall–Kier alpha value is -0.940. The molecule has 0 bridgehead atoms. The molecule has 0 saturated heterocycles. The lowest BCUT2D eigenvalue weighted by Gasteiger charge is -1.99. The van der Waals surface area contributed by atoms with Crippen LogP contribution >= 0.6 is 15.9 Å². The van der Waals surface area contributed by atoms with Crippen LogP contribution in [0.2, 0.25) is 0 Å². The van der Waals surface area contributed by atoms with Crippen LogP contribution in [0.25, 0.3) is 0 Å². The molecule has 2 heterocycles. The molecule has 62 valence electrons. The second-order valence-corrected chi connectivity index (χ2v) is 3.38. The van der Waals surface area contributed by atoms with E-state index in [1.54, 1.807) is 12.3 Å². The fourth-order valence-corrected chi connectivity index (χ4v) is 1.45. The third-order valence-corrected chi connectivity index (χ3v) is 2.09. The number of pyridine rings is 1. The number of aliphatic hydroxyl groups is 1. The van der Waals surface area contributed by atoms with Crippen molar-refractivity contribution in [1.29, 1.82) is 0 Å². The van der Waals surface area contributed by atoms with Gasteiger partial charge in [-0.25, -0.2) is 0 Å². The second kappa shape index (κ2) is 2.53. The number of nitrogens with one attached hydrogen (secondary N) is 1. The molecular weight excluding hydrogens is 224 g/mol. The van der Waals surface area contributed by atoms with Crippen LogP contribution in [-0.2, 0) is 0 Å². The Labute approximate surface area is 76.7 Å². The summed E-state index contributed by atoms with van der Waals surface area (Å²) in [6, 6.07) is 1.63. The van der Waals surface area contributed by atoms with Crippen molar-refractivity contribution in [2.24, 2.45) is 0 Å². The van der Waals surface area contributed by atoms with Gasteiger partial charge in [0.15, 0.2) is 6.23 Å². The van der Waals surface area contributed by atoms with E-state index in [4.69, 9.17) is 0 Å². The van der Waals surface area contributed by atoms with E-state index < -0.39 is 6.23 Å². The predicted octanol–water partition coefficient (Wildman–Crippen LogP) is 0.578. The van der Waals surface area contributed by atoms with Crippen molar-refractivity contribution in [3.05, 3.63) is 28.0 Å². The SMILES string of the molecule is O=C1NC(O)c2ncc(Br)cc21. The Balaban J connectivity index is 2.60. The van der Waals surface area contributed by atoms with Crippen LogP contribution in [0.1, 0.15) is 22.3 Å². The lowest BCUT2D eigenvalue weighted by molar-refractivity contribution is 0.0846. The van der Waals surface area contributed by atoms with Gasteiger partial charge in [-0.3, -0.25) is 9.78 Å². The van der Waals surface area contributed by atoms with Crippen molar-refractivity contribution in [3.8, 4) is 0 Å². The first-order valence-corrected chi connectivity index (χ1v) is 4.12. The molecule has 0 saturated carbocycles. The third kappa shape index (κ3) is 1.02. The lowest BCUT2D eigenvalue weighted by Crippen LogP contribution is -2.18. The number of hydrogen-bond donors (Lipinski definition) is 2. The standard InChI is InChI=1S/C7H5BrN2O2/c8-3-1-4-5(9-2-3)7(12)10-6(4)11/h1-2,7,12H,(H,10,11). The lowest BCUT2D eigenvalue weighted by atomic mass is 10.2. The average molecular weight is 229 g/mol. The molecule has 0 aromatic carbocycles. The number of carbonyl (C=O) groups excluding carboxylic acids is 1. The largest absolute Gasteiger partial charge is 0.368 e. The maximum Gasteiger partial charge on any atom is 0.255 e. The smallest absolute Gasteiger partial charge is 0.255 e. The van der Waals surface area contributed by atoms with Crippen molar-refractivity contribution >= 4 is 21.8 Å². The molecule has 1 aromatic rings. The Bertz CT molecular complexity index is 353. The Morgan fingerprint density at radius 1 is 1.67 bits per heavy atom. The van der Waals surface area contributed by atoms with Gasteiger partial charge in [-0.05, 0) is 22.0 Å². The maximum atomic E-state index is 11.1. The Morgan fingerprint density at radius 2 is 2.42 bits per heavy atom. The number of fused-ring (bicyclic) bond motifs is 1. The van der Waals surface area contributed by atoms with Gasteiger partial charge in [0.05, 0.1) is 5.56 Å². The number of amides is 1. The minimum Gasteiger partial charge on any atom is -0.368 e. The van der Waals surface area contributed by atoms with E-state index in [1.165, 1.54) is 0 Å². The topological polar surface area (TPSA) is 62.2 Å². The molecule has 1 aliphatic heterocycles. The van der Waals surface area contributed by atoms with Crippen LogP contribution in [0.3, 0.4) is 0 Å². The van der Waals surface area contributed by atoms with Gasteiger partial charge in [0.1, 0.15) is 5.69 Å². The van der Waals surface area contributed by atoms with E-state index in [-0.39, 0.29) is 5.91 Å². The second-order valence-electron chi connectivity index (χ2n) is 2.46. The monoisotopic (exact) mass is 228 g/mol. The van der Waals surface area contributed by atoms with Crippen molar-refractivity contribution in [1.82, 2.24) is 10.3 Å². The molecule has 0 radical (unpaired) electrons. The van der Waals surface area contributed by atoms with Gasteiger partial charge in [0, 0.05) is 10.7 Å². The fraction of sp³-hybridized carbons (Fsp3) is 0.143. The number of halogens is 1. The summed E-state index contributed by atoms with van der Waals surface area (Å²) in [6.07, 6.45) is 0.586. The number of aliphatic hydroxyl groups excluding tert-OH is 1. The van der Waals surface area contributed by atoms with Crippen LogP contribution < -0.4 is 5.32 Å². The molecule has 4 nitrogen and oxygen atoms in total. The van der Waals surface area contributed by atoms with Crippen molar-refractivity contribution in [3.63, 3.8) is 0 Å². The van der Waals surface area contributed by atoms with Gasteiger partial charge >= 0.3 is 0 Å². The maximum absolute atomic E-state index is 11.1. The van der Waals surface area contributed by atoms with E-state index in [2.05, 4.69) is 26.2 Å². The molecular formula is C7H5BrN2O2. The summed E-state index contributed by atoms with van der Waals surface area (Å²) in [5.74, 6) is -0.286. The van der Waals surface area contributed by atoms with E-state index in [0.29, 0.717) is 11.3 Å². The van der Waals surface area contributed by atoms with Crippen LogP contribution in [0, 0.1) is 0 Å². The Kier molecular flexibility index (Phi) is 1.62. The fourth-order valence-electron chi connectivity index (χ4n) is 1.12. The summed E-state index contributed by atoms with van der Waals surface area (Å²) < 4.78 is 0.727. The molecule has 1 unspecified atom stereocenters. The highest BCUT2D eigenvalue weighted by molar-refractivity contribution is 9.10. The molecule has 0 fully saturated rings. The van der Waals surface area contributed by atoms with Gasteiger partial charge in [-0.15, -0.1) is 0 Å². The summed E-state index contributed by atoms with van der Waals surface area (Å²) in [5, 5.41) is 11.6. The quantitative estimate of drug-likeness (QED) is 0.683. The third-order valence-electron chi connectivity index (χ3n) is 1.66. The first kappa shape index (κ1) is 7.70. The van der Waals surface area contributed by atoms with Gasteiger partial charge in [0.2, 0.25) is 0 Å². The highest BCUT2D eigenvalue weighted by Crippen LogP contribution is 2.23. The minimum atomic E-state index is -0.958. The van der Waals surface area contributed by atoms with E-state index in [1.807, 2.05) is 0 Å². The number of hydrogen-bond acceptors (Lipinski definition) is 3. The predicted molar refractivity (Wildman–Crippen MR) is 44.4 cm³/mol. The van der Waals surface area contributed by atoms with Crippen molar-refractivity contribution in [2.45, 2.75) is 6.23 Å². The number of nitrogens with zero attached hydrogens (tertiary/aromatic N) is 1. The van der Waals surface area contributed by atoms with Gasteiger partial charge in [-0.1, -0.05) is 0 Å². The molecule has 2 rings (SSSR count). The molecule has 5 heteroatoms. The Morgan fingerprint density at radius 3 is 3.17 bits per heavy atom. The van der Waals surface area contributed by atoms with Gasteiger partial charge in [-0.2, -0.15) is 0 Å². The summed E-state index contributed by atoms with van der Waals surface area (Å²) in [7, 11) is 0. The van der Waals surface area contributed by atoms with Crippen LogP contribution in [0.15, 0.2) is 16.7 Å². The molecule has 1 atom stereocenters. The van der Waals surface area contributed by atoms with Crippen LogP contribution in [0.4, 0.5) is 0 Å². The summed E-state index contributed by atoms with van der Waals surface area (Å²) >= 11 is 3.19. The zero-order valence-electron chi connectivity index (χ0n) is 5.91. The molecule has 0 aliphatic carbocycles. The number of aromatic nitrogens is 1. The van der Waals surface area contributed by atoms with Gasteiger partial charge < -0.3 is 10.4 Å². The molecule has 1 aromatic heterocycles. The van der Waals surface area contributed by atoms with Crippen LogP contribution in [-0.4, -0.2) is 16.0 Å². The zero-order valence-corrected chi connectivity index (χ0v) is 7.50. The molecule has 1 amide bonds. The van der Waals surface area contributed by atoms with Gasteiger partial charge in [0.25, 0.3) is 5.91 Å². The summed E-state index contributed by atoms with van der Waals surface area (Å²) in [4.78, 5) is 15.0. The van der Waals surface area contributed by atoms with E-state index in [0.717, 1.165) is 4.47 Å². The molecule has 12 heavy (non-hydrogen) atoms. The minimum absolute atomic E-state index is 0.286. The highest BCUT2D eigenvalue weighted by Gasteiger charge is 2.28. The molecule has 1 aliphatic rings. The molecule has 0 spiro atoms. The zero-order chi connectivity index (χ0) is 8.72. The first-order chi connectivity index (χ1) is 5.68. The van der Waals surface area contributed by atoms with Crippen molar-refractivity contribution in [2.75, 3.05) is 0 Å². The summed E-state index contributed by atoms with van der Waals surface area (Å²) in [6.45, 7) is 0. The van der Waals surface area contributed by atoms with Crippen LogP contribution in [0.5, 0.6) is 0 Å².